The summed E-state index contributed by atoms with van der Waals surface area (Å²) in [5.74, 6) is -0.491. The Labute approximate surface area is 204 Å². The molecule has 0 fully saturated rings. The van der Waals surface area contributed by atoms with E-state index in [1.165, 1.54) is 34.1 Å². The lowest BCUT2D eigenvalue weighted by atomic mass is 10.1. The Kier molecular flexibility index (Phi) is 16.7. The van der Waals surface area contributed by atoms with Crippen molar-refractivity contribution in [3.05, 3.63) is 46.6 Å². The van der Waals surface area contributed by atoms with Crippen LogP contribution in [0.3, 0.4) is 0 Å². The quantitative estimate of drug-likeness (QED) is 0.182. The number of nitrogens with zero attached hydrogens (tertiary/aromatic N) is 2. The van der Waals surface area contributed by atoms with Gasteiger partial charge in [0, 0.05) is 12.4 Å². The maximum atomic E-state index is 12.2. The van der Waals surface area contributed by atoms with Crippen molar-refractivity contribution in [1.29, 1.82) is 0 Å². The van der Waals surface area contributed by atoms with Crippen molar-refractivity contribution in [2.24, 2.45) is 10.2 Å². The number of thioether (sulfide) groups is 1. The van der Waals surface area contributed by atoms with E-state index in [9.17, 15) is 9.59 Å². The third-order valence-corrected chi connectivity index (χ3v) is 5.79. The first kappa shape index (κ1) is 30.6. The zero-order valence-electron chi connectivity index (χ0n) is 21.6. The molecule has 0 aromatic carbocycles. The number of allylic oxidation sites excluding steroid dienone is 8. The van der Waals surface area contributed by atoms with Crippen LogP contribution in [0, 0.1) is 0 Å². The Morgan fingerprint density at radius 2 is 1.09 bits per heavy atom. The van der Waals surface area contributed by atoms with Gasteiger partial charge in [0.1, 0.15) is 0 Å². The largest absolute Gasteiger partial charge is 0.272 e. The summed E-state index contributed by atoms with van der Waals surface area (Å²) in [5.41, 5.74) is 10.0. The second kappa shape index (κ2) is 18.1. The van der Waals surface area contributed by atoms with Crippen LogP contribution in [0.15, 0.2) is 56.8 Å². The maximum absolute atomic E-state index is 12.2. The molecule has 0 saturated carbocycles. The number of nitrogens with one attached hydrogen (secondary N) is 2. The van der Waals surface area contributed by atoms with Crippen molar-refractivity contribution in [3.8, 4) is 0 Å². The number of hydrogen-bond acceptors (Lipinski definition) is 5. The van der Waals surface area contributed by atoms with E-state index < -0.39 is 10.5 Å². The molecule has 2 unspecified atom stereocenters. The second-order valence-electron chi connectivity index (χ2n) is 8.60. The van der Waals surface area contributed by atoms with Crippen molar-refractivity contribution in [3.63, 3.8) is 0 Å². The first-order chi connectivity index (χ1) is 15.5. The molecule has 0 aliphatic rings. The van der Waals surface area contributed by atoms with Gasteiger partial charge in [-0.2, -0.15) is 10.2 Å². The van der Waals surface area contributed by atoms with Gasteiger partial charge in [-0.25, -0.2) is 10.9 Å². The molecule has 0 aliphatic carbocycles. The second-order valence-corrected chi connectivity index (χ2v) is 10.3. The van der Waals surface area contributed by atoms with Crippen LogP contribution in [0.2, 0.25) is 0 Å². The van der Waals surface area contributed by atoms with E-state index in [2.05, 4.69) is 60.9 Å². The van der Waals surface area contributed by atoms with Gasteiger partial charge in [0.05, 0.1) is 10.5 Å². The summed E-state index contributed by atoms with van der Waals surface area (Å²) in [6.45, 7) is 15.9. The molecular weight excluding hydrogens is 432 g/mol. The van der Waals surface area contributed by atoms with E-state index >= 15 is 0 Å². The number of rotatable bonds is 14. The van der Waals surface area contributed by atoms with Crippen molar-refractivity contribution >= 4 is 36.0 Å². The van der Waals surface area contributed by atoms with Crippen molar-refractivity contribution in [2.75, 3.05) is 0 Å². The Bertz CT molecular complexity index is 733. The number of hydrazone groups is 2. The van der Waals surface area contributed by atoms with E-state index in [1.54, 1.807) is 26.3 Å². The minimum atomic E-state index is -0.424. The Morgan fingerprint density at radius 3 is 1.42 bits per heavy atom. The standard InChI is InChI=1S/C26H42N4O2S/c1-19(2)11-9-13-21(5)15-17-27-29-25(31)23(7)33-24(8)26(32)30-28-18-16-22(6)14-10-12-20(3)4/h11-12,15-18,23-24H,9-10,13-14H2,1-8H3,(H,29,31)(H,30,32)/b21-15-,22-16-,27-17+,28-18+. The average Bonchev–Trinajstić information content (AvgIpc) is 2.73. The van der Waals surface area contributed by atoms with Gasteiger partial charge in [0.25, 0.3) is 11.8 Å². The Hall–Kier alpha value is -2.41. The topological polar surface area (TPSA) is 82.9 Å². The predicted octanol–water partition coefficient (Wildman–Crippen LogP) is 6.09. The number of hydrogen-bond donors (Lipinski definition) is 2. The van der Waals surface area contributed by atoms with Gasteiger partial charge in [-0.3, -0.25) is 9.59 Å². The molecule has 2 amide bonds. The minimum absolute atomic E-state index is 0.245. The Balaban J connectivity index is 4.37. The fraction of sp³-hybridized carbons (Fsp3) is 0.538. The molecule has 0 rings (SSSR count). The highest BCUT2D eigenvalue weighted by atomic mass is 32.2. The van der Waals surface area contributed by atoms with Gasteiger partial charge in [-0.1, -0.05) is 34.4 Å². The third kappa shape index (κ3) is 17.8. The summed E-state index contributed by atoms with van der Waals surface area (Å²) < 4.78 is 0. The molecule has 0 spiro atoms. The lowest BCUT2D eigenvalue weighted by molar-refractivity contribution is -0.120. The lowest BCUT2D eigenvalue weighted by Crippen LogP contribution is -2.33. The number of carbonyl (C=O) groups is 2. The highest BCUT2D eigenvalue weighted by molar-refractivity contribution is 8.01. The zero-order chi connectivity index (χ0) is 25.2. The van der Waals surface area contributed by atoms with Crippen LogP contribution >= 0.6 is 11.8 Å². The van der Waals surface area contributed by atoms with Crippen LogP contribution < -0.4 is 10.9 Å². The molecule has 0 bridgehead atoms. The highest BCUT2D eigenvalue weighted by Gasteiger charge is 2.21. The summed E-state index contributed by atoms with van der Waals surface area (Å²) in [5, 5.41) is 7.10. The van der Waals surface area contributed by atoms with Gasteiger partial charge >= 0.3 is 0 Å². The van der Waals surface area contributed by atoms with Gasteiger partial charge < -0.3 is 0 Å². The SMILES string of the molecule is CC(C)=CCC/C(C)=C\C=N\NC(=O)C(C)SC(C)C(=O)N/N=C/C=C(/C)CCC=C(C)C. The summed E-state index contributed by atoms with van der Waals surface area (Å²) in [7, 11) is 0. The molecule has 0 saturated heterocycles. The maximum Gasteiger partial charge on any atom is 0.252 e. The van der Waals surface area contributed by atoms with Crippen LogP contribution in [-0.2, 0) is 9.59 Å². The summed E-state index contributed by atoms with van der Waals surface area (Å²) in [6.07, 6.45) is 15.3. The normalized spacial score (nSPS) is 14.2. The van der Waals surface area contributed by atoms with Crippen LogP contribution in [0.25, 0.3) is 0 Å². The molecular formula is C26H42N4O2S. The van der Waals surface area contributed by atoms with Crippen molar-refractivity contribution in [1.82, 2.24) is 10.9 Å². The predicted molar refractivity (Wildman–Crippen MR) is 145 cm³/mol. The lowest BCUT2D eigenvalue weighted by Gasteiger charge is -2.14. The average molecular weight is 475 g/mol. The monoisotopic (exact) mass is 474 g/mol. The molecule has 7 heteroatoms. The Morgan fingerprint density at radius 1 is 0.727 bits per heavy atom. The van der Waals surface area contributed by atoms with Gasteiger partial charge in [0.2, 0.25) is 0 Å². The van der Waals surface area contributed by atoms with Crippen LogP contribution in [0.5, 0.6) is 0 Å². The highest BCUT2D eigenvalue weighted by Crippen LogP contribution is 2.17. The molecule has 0 aromatic heterocycles. The molecule has 6 nitrogen and oxygen atoms in total. The fourth-order valence-electron chi connectivity index (χ4n) is 2.49. The first-order valence-electron chi connectivity index (χ1n) is 11.4. The van der Waals surface area contributed by atoms with E-state index in [0.29, 0.717) is 0 Å². The van der Waals surface area contributed by atoms with Crippen LogP contribution in [0.4, 0.5) is 0 Å². The first-order valence-corrected chi connectivity index (χ1v) is 12.4. The molecule has 33 heavy (non-hydrogen) atoms. The molecule has 0 aromatic rings. The number of carbonyl (C=O) groups excluding carboxylic acids is 2. The zero-order valence-corrected chi connectivity index (χ0v) is 22.4. The van der Waals surface area contributed by atoms with E-state index in [4.69, 9.17) is 0 Å². The van der Waals surface area contributed by atoms with Crippen LogP contribution in [-0.4, -0.2) is 34.7 Å². The van der Waals surface area contributed by atoms with E-state index in [-0.39, 0.29) is 11.8 Å². The van der Waals surface area contributed by atoms with E-state index in [1.807, 2.05) is 26.0 Å². The molecule has 0 aliphatic heterocycles. The van der Waals surface area contributed by atoms with Crippen molar-refractivity contribution in [2.45, 2.75) is 91.6 Å². The molecule has 0 radical (unpaired) electrons. The fourth-order valence-corrected chi connectivity index (χ4v) is 3.45. The summed E-state index contributed by atoms with van der Waals surface area (Å²) in [4.78, 5) is 24.4. The summed E-state index contributed by atoms with van der Waals surface area (Å²) >= 11 is 1.26. The van der Waals surface area contributed by atoms with Crippen molar-refractivity contribution < 1.29 is 9.59 Å². The molecule has 184 valence electrons. The van der Waals surface area contributed by atoms with E-state index in [0.717, 1.165) is 25.7 Å². The smallest absolute Gasteiger partial charge is 0.252 e. The molecule has 2 N–H and O–H groups in total. The molecule has 2 atom stereocenters. The third-order valence-electron chi connectivity index (χ3n) is 4.55. The summed E-state index contributed by atoms with van der Waals surface area (Å²) in [6, 6.07) is 0. The van der Waals surface area contributed by atoms with Gasteiger partial charge in [-0.05, 0) is 93.2 Å². The van der Waals surface area contributed by atoms with Gasteiger partial charge in [0.15, 0.2) is 0 Å². The molecule has 0 heterocycles. The van der Waals surface area contributed by atoms with Gasteiger partial charge in [-0.15, -0.1) is 11.8 Å². The minimum Gasteiger partial charge on any atom is -0.272 e. The number of amides is 2. The van der Waals surface area contributed by atoms with Crippen LogP contribution in [0.1, 0.15) is 81.1 Å².